The average Bonchev–Trinajstić information content (AvgIpc) is 2.45. The molecular weight excluding hydrogens is 308 g/mol. The lowest BCUT2D eigenvalue weighted by atomic mass is 9.72. The summed E-state index contributed by atoms with van der Waals surface area (Å²) in [6.45, 7) is 10.5. The van der Waals surface area contributed by atoms with Crippen LogP contribution in [0.3, 0.4) is 0 Å². The van der Waals surface area contributed by atoms with Crippen molar-refractivity contribution in [3.05, 3.63) is 50.6 Å². The molecule has 5 heteroatoms. The highest BCUT2D eigenvalue weighted by molar-refractivity contribution is 7.71. The minimum atomic E-state index is -0.379. The third kappa shape index (κ3) is 3.55. The second kappa shape index (κ2) is 6.71. The summed E-state index contributed by atoms with van der Waals surface area (Å²) in [5.41, 5.74) is 2.50. The zero-order valence-corrected chi connectivity index (χ0v) is 14.8. The molecule has 124 valence electrons. The Morgan fingerprint density at radius 2 is 2.13 bits per heavy atom. The Hall–Kier alpha value is -1.88. The summed E-state index contributed by atoms with van der Waals surface area (Å²) in [4.78, 5) is 14.7. The van der Waals surface area contributed by atoms with Gasteiger partial charge in [0, 0.05) is 6.54 Å². The summed E-state index contributed by atoms with van der Waals surface area (Å²) >= 11 is 5.08. The Kier molecular flexibility index (Phi) is 5.09. The van der Waals surface area contributed by atoms with E-state index in [9.17, 15) is 9.90 Å². The van der Waals surface area contributed by atoms with E-state index in [4.69, 9.17) is 12.2 Å². The molecule has 0 unspecified atom stereocenters. The van der Waals surface area contributed by atoms with Crippen molar-refractivity contribution in [1.82, 2.24) is 9.55 Å². The SMILES string of the molecule is C=CCn1c(O)c(C=CC2=C(C)CCCC2(C)C)c(=O)[nH]c1=S. The van der Waals surface area contributed by atoms with Crippen LogP contribution in [0.25, 0.3) is 6.08 Å². The molecule has 0 atom stereocenters. The molecule has 0 aromatic carbocycles. The second-order valence-corrected chi connectivity index (χ2v) is 7.05. The molecule has 1 aliphatic carbocycles. The van der Waals surface area contributed by atoms with E-state index >= 15 is 0 Å². The number of nitrogens with zero attached hydrogens (tertiary/aromatic N) is 1. The van der Waals surface area contributed by atoms with Crippen molar-refractivity contribution in [3.63, 3.8) is 0 Å². The fourth-order valence-electron chi connectivity index (χ4n) is 3.20. The van der Waals surface area contributed by atoms with E-state index in [0.717, 1.165) is 12.8 Å². The monoisotopic (exact) mass is 332 g/mol. The van der Waals surface area contributed by atoms with Gasteiger partial charge in [0.05, 0.1) is 5.56 Å². The predicted octanol–water partition coefficient (Wildman–Crippen LogP) is 4.34. The lowest BCUT2D eigenvalue weighted by Gasteiger charge is -2.32. The molecule has 1 aromatic heterocycles. The van der Waals surface area contributed by atoms with Crippen LogP contribution in [0, 0.1) is 10.2 Å². The Labute approximate surface area is 141 Å². The van der Waals surface area contributed by atoms with Crippen molar-refractivity contribution in [2.45, 2.75) is 46.6 Å². The molecule has 1 heterocycles. The van der Waals surface area contributed by atoms with Crippen LogP contribution in [-0.4, -0.2) is 14.7 Å². The first-order chi connectivity index (χ1) is 10.8. The first-order valence-corrected chi connectivity index (χ1v) is 8.24. The summed E-state index contributed by atoms with van der Waals surface area (Å²) in [5, 5.41) is 10.4. The fourth-order valence-corrected chi connectivity index (χ4v) is 3.45. The number of aromatic hydroxyl groups is 1. The standard InChI is InChI=1S/C18H24N2O2S/c1-5-11-20-16(22)13(15(21)19-17(20)23)8-9-14-12(2)7-6-10-18(14,3)4/h5,8-9,22H,1,6-7,10-11H2,2-4H3,(H,19,21,23). The molecule has 2 rings (SSSR count). The molecule has 0 bridgehead atoms. The Morgan fingerprint density at radius 1 is 1.43 bits per heavy atom. The van der Waals surface area contributed by atoms with E-state index in [1.165, 1.54) is 22.1 Å². The molecule has 2 N–H and O–H groups in total. The maximum Gasteiger partial charge on any atom is 0.262 e. The van der Waals surface area contributed by atoms with Crippen molar-refractivity contribution in [1.29, 1.82) is 0 Å². The number of hydrogen-bond donors (Lipinski definition) is 2. The highest BCUT2D eigenvalue weighted by Crippen LogP contribution is 2.41. The summed E-state index contributed by atoms with van der Waals surface area (Å²) in [6.07, 6.45) is 8.65. The third-order valence-corrected chi connectivity index (χ3v) is 4.80. The molecule has 4 nitrogen and oxygen atoms in total. The fraction of sp³-hybridized carbons (Fsp3) is 0.444. The Bertz CT molecular complexity index is 794. The molecule has 0 fully saturated rings. The average molecular weight is 332 g/mol. The summed E-state index contributed by atoms with van der Waals surface area (Å²) in [7, 11) is 0. The first-order valence-electron chi connectivity index (χ1n) is 7.83. The normalized spacial score (nSPS) is 17.7. The molecule has 1 aliphatic rings. The molecule has 0 radical (unpaired) electrons. The van der Waals surface area contributed by atoms with Gasteiger partial charge in [0.25, 0.3) is 5.56 Å². The number of hydrogen-bond acceptors (Lipinski definition) is 3. The van der Waals surface area contributed by atoms with Gasteiger partial charge in [-0.1, -0.05) is 31.6 Å². The molecule has 0 aliphatic heterocycles. The van der Waals surface area contributed by atoms with Gasteiger partial charge >= 0.3 is 0 Å². The minimum Gasteiger partial charge on any atom is -0.494 e. The van der Waals surface area contributed by atoms with Crippen LogP contribution in [0.4, 0.5) is 0 Å². The van der Waals surface area contributed by atoms with E-state index < -0.39 is 0 Å². The zero-order chi connectivity index (χ0) is 17.2. The number of allylic oxidation sites excluding steroid dienone is 4. The maximum atomic E-state index is 12.1. The molecule has 1 aromatic rings. The van der Waals surface area contributed by atoms with E-state index in [1.807, 2.05) is 6.08 Å². The van der Waals surface area contributed by atoms with E-state index in [0.29, 0.717) is 6.54 Å². The lowest BCUT2D eigenvalue weighted by molar-refractivity contribution is 0.377. The van der Waals surface area contributed by atoms with Crippen LogP contribution < -0.4 is 5.56 Å². The molecule has 0 amide bonds. The quantitative estimate of drug-likeness (QED) is 0.637. The van der Waals surface area contributed by atoms with Crippen molar-refractivity contribution in [3.8, 4) is 5.88 Å². The lowest BCUT2D eigenvalue weighted by Crippen LogP contribution is -2.19. The summed E-state index contributed by atoms with van der Waals surface area (Å²) < 4.78 is 1.65. The van der Waals surface area contributed by atoms with Crippen LogP contribution in [0.15, 0.2) is 34.7 Å². The molecule has 0 spiro atoms. The molecule has 0 saturated carbocycles. The van der Waals surface area contributed by atoms with Crippen LogP contribution in [-0.2, 0) is 6.54 Å². The summed E-state index contributed by atoms with van der Waals surface area (Å²) in [5.74, 6) is -0.123. The van der Waals surface area contributed by atoms with Gasteiger partial charge in [0.15, 0.2) is 4.77 Å². The number of rotatable bonds is 4. The molecule has 0 saturated heterocycles. The molecule has 23 heavy (non-hydrogen) atoms. The van der Waals surface area contributed by atoms with Gasteiger partial charge < -0.3 is 5.11 Å². The van der Waals surface area contributed by atoms with Crippen molar-refractivity contribution in [2.24, 2.45) is 5.41 Å². The second-order valence-electron chi connectivity index (χ2n) is 6.66. The first kappa shape index (κ1) is 17.5. The van der Waals surface area contributed by atoms with Gasteiger partial charge in [0.1, 0.15) is 0 Å². The van der Waals surface area contributed by atoms with Crippen LogP contribution in [0.2, 0.25) is 0 Å². The third-order valence-electron chi connectivity index (χ3n) is 4.48. The molecular formula is C18H24N2O2S. The van der Waals surface area contributed by atoms with E-state index in [2.05, 4.69) is 32.3 Å². The number of aromatic nitrogens is 2. The number of nitrogens with one attached hydrogen (secondary N) is 1. The highest BCUT2D eigenvalue weighted by Gasteiger charge is 2.26. The summed E-state index contributed by atoms with van der Waals surface area (Å²) in [6, 6.07) is 0. The van der Waals surface area contributed by atoms with Gasteiger partial charge in [-0.2, -0.15) is 0 Å². The van der Waals surface area contributed by atoms with E-state index in [1.54, 1.807) is 12.2 Å². The van der Waals surface area contributed by atoms with Crippen molar-refractivity contribution < 1.29 is 5.11 Å². The predicted molar refractivity (Wildman–Crippen MR) is 97.1 cm³/mol. The van der Waals surface area contributed by atoms with Crippen LogP contribution >= 0.6 is 12.2 Å². The van der Waals surface area contributed by atoms with Crippen LogP contribution in [0.5, 0.6) is 5.88 Å². The smallest absolute Gasteiger partial charge is 0.262 e. The van der Waals surface area contributed by atoms with Crippen molar-refractivity contribution in [2.75, 3.05) is 0 Å². The van der Waals surface area contributed by atoms with Gasteiger partial charge in [-0.05, 0) is 55.5 Å². The van der Waals surface area contributed by atoms with Gasteiger partial charge in [-0.15, -0.1) is 6.58 Å². The van der Waals surface area contributed by atoms with Crippen LogP contribution in [0.1, 0.15) is 45.6 Å². The Balaban J connectivity index is 2.52. The van der Waals surface area contributed by atoms with Gasteiger partial charge in [0.2, 0.25) is 5.88 Å². The number of H-pyrrole nitrogens is 1. The largest absolute Gasteiger partial charge is 0.494 e. The van der Waals surface area contributed by atoms with Crippen molar-refractivity contribution >= 4 is 18.3 Å². The van der Waals surface area contributed by atoms with E-state index in [-0.39, 0.29) is 27.2 Å². The van der Waals surface area contributed by atoms with Gasteiger partial charge in [-0.3, -0.25) is 14.3 Å². The number of aromatic amines is 1. The minimum absolute atomic E-state index is 0.0796. The maximum absolute atomic E-state index is 12.1. The Morgan fingerprint density at radius 3 is 2.74 bits per heavy atom. The van der Waals surface area contributed by atoms with Gasteiger partial charge in [-0.25, -0.2) is 0 Å². The highest BCUT2D eigenvalue weighted by atomic mass is 32.1. The topological polar surface area (TPSA) is 58.0 Å². The zero-order valence-electron chi connectivity index (χ0n) is 14.0.